The Morgan fingerprint density at radius 3 is 2.52 bits per heavy atom. The second-order valence-corrected chi connectivity index (χ2v) is 8.03. The standard InChI is InChI=1S/C18H27NO4/c20-17(15-5-6-16(23-15)18(21)22)19-7-1-2-14(19)10-13-9-11-3-4-12(13)8-11/h11-16H,1-10H2,(H,21,22)/t11?,12?,13?,14?,15-,16+/m0/s1. The summed E-state index contributed by atoms with van der Waals surface area (Å²) < 4.78 is 5.47. The van der Waals surface area contributed by atoms with Crippen molar-refractivity contribution < 1.29 is 19.4 Å². The maximum atomic E-state index is 12.8. The third-order valence-corrected chi connectivity index (χ3v) is 6.69. The average Bonchev–Trinajstić information content (AvgIpc) is 3.30. The van der Waals surface area contributed by atoms with Gasteiger partial charge in [-0.2, -0.15) is 0 Å². The zero-order valence-corrected chi connectivity index (χ0v) is 13.7. The first-order valence-corrected chi connectivity index (χ1v) is 9.30. The number of ether oxygens (including phenoxy) is 1. The number of carboxylic acids is 1. The summed E-state index contributed by atoms with van der Waals surface area (Å²) in [5, 5.41) is 9.03. The van der Waals surface area contributed by atoms with Gasteiger partial charge >= 0.3 is 5.97 Å². The van der Waals surface area contributed by atoms with Crippen LogP contribution in [0.3, 0.4) is 0 Å². The van der Waals surface area contributed by atoms with Gasteiger partial charge in [0.05, 0.1) is 0 Å². The predicted molar refractivity (Wildman–Crippen MR) is 83.8 cm³/mol. The van der Waals surface area contributed by atoms with Crippen molar-refractivity contribution in [3.05, 3.63) is 0 Å². The normalized spacial score (nSPS) is 42.5. The van der Waals surface area contributed by atoms with Gasteiger partial charge in [-0.25, -0.2) is 4.79 Å². The number of carbonyl (C=O) groups is 2. The van der Waals surface area contributed by atoms with E-state index in [2.05, 4.69) is 0 Å². The molecular weight excluding hydrogens is 294 g/mol. The first kappa shape index (κ1) is 15.4. The second-order valence-electron chi connectivity index (χ2n) is 8.03. The molecule has 2 bridgehead atoms. The molecule has 2 aliphatic carbocycles. The first-order chi connectivity index (χ1) is 11.1. The van der Waals surface area contributed by atoms with Gasteiger partial charge in [-0.1, -0.05) is 6.42 Å². The molecule has 4 rings (SSSR count). The van der Waals surface area contributed by atoms with E-state index in [4.69, 9.17) is 9.84 Å². The van der Waals surface area contributed by atoms with Crippen LogP contribution >= 0.6 is 0 Å². The smallest absolute Gasteiger partial charge is 0.332 e. The number of likely N-dealkylation sites (tertiary alicyclic amines) is 1. The van der Waals surface area contributed by atoms with Gasteiger partial charge in [0.15, 0.2) is 6.10 Å². The minimum Gasteiger partial charge on any atom is -0.479 e. The van der Waals surface area contributed by atoms with Crippen LogP contribution in [0.4, 0.5) is 0 Å². The molecule has 23 heavy (non-hydrogen) atoms. The highest BCUT2D eigenvalue weighted by Gasteiger charge is 2.44. The Hall–Kier alpha value is -1.10. The van der Waals surface area contributed by atoms with Crippen LogP contribution in [-0.4, -0.2) is 46.7 Å². The van der Waals surface area contributed by atoms with Gasteiger partial charge in [-0.15, -0.1) is 0 Å². The molecule has 4 aliphatic rings. The third kappa shape index (κ3) is 2.88. The molecule has 4 fully saturated rings. The third-order valence-electron chi connectivity index (χ3n) is 6.69. The van der Waals surface area contributed by atoms with Gasteiger partial charge in [0.1, 0.15) is 6.10 Å². The van der Waals surface area contributed by atoms with E-state index < -0.39 is 18.2 Å². The van der Waals surface area contributed by atoms with Crippen LogP contribution < -0.4 is 0 Å². The van der Waals surface area contributed by atoms with E-state index in [0.29, 0.717) is 18.9 Å². The lowest BCUT2D eigenvalue weighted by molar-refractivity contribution is -0.155. The van der Waals surface area contributed by atoms with E-state index in [1.807, 2.05) is 4.90 Å². The van der Waals surface area contributed by atoms with Crippen molar-refractivity contribution >= 4 is 11.9 Å². The zero-order valence-electron chi connectivity index (χ0n) is 13.7. The molecule has 128 valence electrons. The Morgan fingerprint density at radius 2 is 1.87 bits per heavy atom. The fourth-order valence-corrected chi connectivity index (χ4v) is 5.57. The average molecular weight is 321 g/mol. The van der Waals surface area contributed by atoms with Crippen LogP contribution in [0.5, 0.6) is 0 Å². The van der Waals surface area contributed by atoms with Gasteiger partial charge in [-0.05, 0) is 69.1 Å². The lowest BCUT2D eigenvalue weighted by Crippen LogP contribution is -2.43. The molecule has 1 amide bonds. The van der Waals surface area contributed by atoms with Gasteiger partial charge < -0.3 is 14.7 Å². The molecule has 5 nitrogen and oxygen atoms in total. The molecule has 6 atom stereocenters. The van der Waals surface area contributed by atoms with E-state index in [1.165, 1.54) is 25.7 Å². The van der Waals surface area contributed by atoms with Crippen LogP contribution in [0.2, 0.25) is 0 Å². The van der Waals surface area contributed by atoms with E-state index in [0.717, 1.165) is 43.6 Å². The van der Waals surface area contributed by atoms with Crippen molar-refractivity contribution in [3.63, 3.8) is 0 Å². The maximum Gasteiger partial charge on any atom is 0.332 e. The minimum absolute atomic E-state index is 0.0411. The predicted octanol–water partition coefficient (Wildman–Crippen LogP) is 2.44. The Balaban J connectivity index is 1.36. The number of hydrogen-bond acceptors (Lipinski definition) is 3. The highest BCUT2D eigenvalue weighted by atomic mass is 16.5. The van der Waals surface area contributed by atoms with Crippen LogP contribution in [0.15, 0.2) is 0 Å². The molecular formula is C18H27NO4. The van der Waals surface area contributed by atoms with Crippen molar-refractivity contribution in [1.82, 2.24) is 4.90 Å². The first-order valence-electron chi connectivity index (χ1n) is 9.30. The molecule has 4 unspecified atom stereocenters. The van der Waals surface area contributed by atoms with Crippen LogP contribution in [0.25, 0.3) is 0 Å². The molecule has 0 spiro atoms. The molecule has 1 N–H and O–H groups in total. The van der Waals surface area contributed by atoms with Gasteiger partial charge in [0.2, 0.25) is 0 Å². The molecule has 0 radical (unpaired) electrons. The van der Waals surface area contributed by atoms with Crippen molar-refractivity contribution in [3.8, 4) is 0 Å². The summed E-state index contributed by atoms with van der Waals surface area (Å²) in [6.45, 7) is 0.821. The van der Waals surface area contributed by atoms with Crippen molar-refractivity contribution in [2.45, 2.75) is 76.0 Å². The monoisotopic (exact) mass is 321 g/mol. The fourth-order valence-electron chi connectivity index (χ4n) is 5.57. The van der Waals surface area contributed by atoms with Gasteiger partial charge in [-0.3, -0.25) is 4.79 Å². The van der Waals surface area contributed by atoms with Gasteiger partial charge in [0, 0.05) is 12.6 Å². The Labute approximate surface area is 137 Å². The zero-order chi connectivity index (χ0) is 16.0. The summed E-state index contributed by atoms with van der Waals surface area (Å²) in [5.41, 5.74) is 0. The van der Waals surface area contributed by atoms with Crippen molar-refractivity contribution in [2.24, 2.45) is 17.8 Å². The largest absolute Gasteiger partial charge is 0.479 e. The molecule has 2 aliphatic heterocycles. The quantitative estimate of drug-likeness (QED) is 0.863. The topological polar surface area (TPSA) is 66.8 Å². The van der Waals surface area contributed by atoms with E-state index in [9.17, 15) is 9.59 Å². The lowest BCUT2D eigenvalue weighted by atomic mass is 9.83. The van der Waals surface area contributed by atoms with E-state index >= 15 is 0 Å². The number of fused-ring (bicyclic) bond motifs is 2. The fraction of sp³-hybridized carbons (Fsp3) is 0.889. The summed E-state index contributed by atoms with van der Waals surface area (Å²) >= 11 is 0. The van der Waals surface area contributed by atoms with Crippen LogP contribution in [0, 0.1) is 17.8 Å². The Kier molecular flexibility index (Phi) is 4.08. The molecule has 2 saturated carbocycles. The van der Waals surface area contributed by atoms with Crippen LogP contribution in [0.1, 0.15) is 57.8 Å². The molecule has 2 heterocycles. The summed E-state index contributed by atoms with van der Waals surface area (Å²) in [6.07, 6.45) is 8.60. The van der Waals surface area contributed by atoms with Crippen molar-refractivity contribution in [2.75, 3.05) is 6.54 Å². The summed E-state index contributed by atoms with van der Waals surface area (Å²) in [6, 6.07) is 0.360. The highest BCUT2D eigenvalue weighted by Crippen LogP contribution is 2.50. The highest BCUT2D eigenvalue weighted by molar-refractivity contribution is 5.83. The molecule has 2 saturated heterocycles. The summed E-state index contributed by atoms with van der Waals surface area (Å²) in [7, 11) is 0. The van der Waals surface area contributed by atoms with E-state index in [1.54, 1.807) is 0 Å². The Morgan fingerprint density at radius 1 is 1.04 bits per heavy atom. The number of carbonyl (C=O) groups excluding carboxylic acids is 1. The van der Waals surface area contributed by atoms with Crippen LogP contribution in [-0.2, 0) is 14.3 Å². The SMILES string of the molecule is O=C(O)[C@H]1CC[C@@H](C(=O)N2CCCC2CC2CC3CCC2C3)O1. The van der Waals surface area contributed by atoms with E-state index in [-0.39, 0.29) is 5.91 Å². The summed E-state index contributed by atoms with van der Waals surface area (Å²) in [5.74, 6) is 1.75. The molecule has 0 aromatic rings. The maximum absolute atomic E-state index is 12.8. The number of nitrogens with zero attached hydrogens (tertiary/aromatic N) is 1. The number of rotatable bonds is 4. The molecule has 0 aromatic carbocycles. The number of hydrogen-bond donors (Lipinski definition) is 1. The number of aliphatic carboxylic acids is 1. The summed E-state index contributed by atoms with van der Waals surface area (Å²) in [4.78, 5) is 25.8. The van der Waals surface area contributed by atoms with Gasteiger partial charge in [0.25, 0.3) is 5.91 Å². The number of amides is 1. The number of carboxylic acid groups (broad SMARTS) is 1. The van der Waals surface area contributed by atoms with Crippen molar-refractivity contribution in [1.29, 1.82) is 0 Å². The second kappa shape index (κ2) is 6.08. The minimum atomic E-state index is -0.944. The molecule has 5 heteroatoms. The molecule has 0 aromatic heterocycles. The lowest BCUT2D eigenvalue weighted by Gasteiger charge is -2.31. The Bertz CT molecular complexity index is 493.